The predicted molar refractivity (Wildman–Crippen MR) is 82.9 cm³/mol. The topological polar surface area (TPSA) is 76.1 Å². The van der Waals surface area contributed by atoms with Crippen LogP contribution in [0.1, 0.15) is 35.9 Å². The number of ether oxygens (including phenoxy) is 1. The lowest BCUT2D eigenvalue weighted by molar-refractivity contribution is 0.102. The summed E-state index contributed by atoms with van der Waals surface area (Å²) in [7, 11) is 1.51. The van der Waals surface area contributed by atoms with E-state index in [0.717, 1.165) is 12.2 Å². The van der Waals surface area contributed by atoms with Gasteiger partial charge in [0.05, 0.1) is 24.6 Å². The lowest BCUT2D eigenvalue weighted by Gasteiger charge is -2.08. The molecule has 21 heavy (non-hydrogen) atoms. The number of thiazole rings is 1. The summed E-state index contributed by atoms with van der Waals surface area (Å²) < 4.78 is 5.13. The number of hydrogen-bond acceptors (Lipinski definition) is 6. The molecule has 6 nitrogen and oxygen atoms in total. The maximum Gasteiger partial charge on any atom is 0.261 e. The number of nitrogens with zero attached hydrogens (tertiary/aromatic N) is 2. The van der Waals surface area contributed by atoms with Crippen molar-refractivity contribution in [3.63, 3.8) is 0 Å². The predicted octanol–water partition coefficient (Wildman–Crippen LogP) is 2.47. The molecule has 112 valence electrons. The molecule has 2 N–H and O–H groups in total. The van der Waals surface area contributed by atoms with Crippen molar-refractivity contribution < 1.29 is 9.53 Å². The van der Waals surface area contributed by atoms with Crippen molar-refractivity contribution in [3.05, 3.63) is 35.1 Å². The molecular formula is C14H18N4O2S. The van der Waals surface area contributed by atoms with Crippen LogP contribution in [-0.2, 0) is 0 Å². The highest BCUT2D eigenvalue weighted by Crippen LogP contribution is 2.22. The van der Waals surface area contributed by atoms with Crippen LogP contribution in [0.3, 0.4) is 0 Å². The lowest BCUT2D eigenvalue weighted by Crippen LogP contribution is -2.18. The molecule has 0 aliphatic rings. The highest BCUT2D eigenvalue weighted by molar-refractivity contribution is 7.14. The molecule has 0 spiro atoms. The Kier molecular flexibility index (Phi) is 5.24. The van der Waals surface area contributed by atoms with E-state index < -0.39 is 0 Å². The van der Waals surface area contributed by atoms with E-state index in [1.54, 1.807) is 12.3 Å². The molecular weight excluding hydrogens is 288 g/mol. The smallest absolute Gasteiger partial charge is 0.261 e. The van der Waals surface area contributed by atoms with E-state index in [1.165, 1.54) is 24.6 Å². The third kappa shape index (κ3) is 3.77. The van der Waals surface area contributed by atoms with Crippen LogP contribution in [0, 0.1) is 0 Å². The monoisotopic (exact) mass is 306 g/mol. The Morgan fingerprint density at radius 2 is 2.33 bits per heavy atom. The van der Waals surface area contributed by atoms with E-state index >= 15 is 0 Å². The van der Waals surface area contributed by atoms with Gasteiger partial charge >= 0.3 is 0 Å². The van der Waals surface area contributed by atoms with E-state index in [4.69, 9.17) is 4.74 Å². The van der Waals surface area contributed by atoms with Crippen LogP contribution in [0.25, 0.3) is 0 Å². The molecule has 0 aliphatic heterocycles. The van der Waals surface area contributed by atoms with Gasteiger partial charge in [0.1, 0.15) is 5.75 Å². The average molecular weight is 306 g/mol. The first kappa shape index (κ1) is 15.4. The molecule has 0 saturated heterocycles. The Bertz CT molecular complexity index is 615. The molecule has 0 aromatic carbocycles. The molecule has 0 saturated carbocycles. The van der Waals surface area contributed by atoms with Gasteiger partial charge in [0, 0.05) is 17.6 Å². The summed E-state index contributed by atoms with van der Waals surface area (Å²) in [6.07, 6.45) is 3.06. The molecule has 0 aliphatic carbocycles. The average Bonchev–Trinajstić information content (AvgIpc) is 2.96. The van der Waals surface area contributed by atoms with Crippen LogP contribution in [0.5, 0.6) is 5.75 Å². The molecule has 1 atom stereocenters. The van der Waals surface area contributed by atoms with Gasteiger partial charge in [-0.15, -0.1) is 11.3 Å². The second kappa shape index (κ2) is 7.14. The summed E-state index contributed by atoms with van der Waals surface area (Å²) in [5, 5.41) is 8.57. The van der Waals surface area contributed by atoms with Crippen LogP contribution < -0.4 is 15.4 Å². The van der Waals surface area contributed by atoms with Gasteiger partial charge in [-0.1, -0.05) is 6.92 Å². The van der Waals surface area contributed by atoms with E-state index in [0.29, 0.717) is 16.4 Å². The van der Waals surface area contributed by atoms with Gasteiger partial charge in [-0.2, -0.15) is 0 Å². The van der Waals surface area contributed by atoms with Crippen LogP contribution in [0.15, 0.2) is 23.8 Å². The third-order valence-corrected chi connectivity index (χ3v) is 3.72. The van der Waals surface area contributed by atoms with Crippen LogP contribution in [0.2, 0.25) is 0 Å². The number of methoxy groups -OCH3 is 1. The van der Waals surface area contributed by atoms with Gasteiger partial charge in [0.15, 0.2) is 5.13 Å². The van der Waals surface area contributed by atoms with Gasteiger partial charge in [-0.25, -0.2) is 4.98 Å². The Morgan fingerprint density at radius 1 is 1.52 bits per heavy atom. The minimum absolute atomic E-state index is 0.160. The number of aromatic nitrogens is 2. The molecule has 1 unspecified atom stereocenters. The van der Waals surface area contributed by atoms with E-state index in [1.807, 2.05) is 19.2 Å². The van der Waals surface area contributed by atoms with Crippen LogP contribution in [-0.4, -0.2) is 29.5 Å². The Balaban J connectivity index is 2.09. The number of rotatable bonds is 6. The van der Waals surface area contributed by atoms with Gasteiger partial charge in [-0.05, 0) is 19.5 Å². The number of pyridine rings is 1. The Morgan fingerprint density at radius 3 is 3.05 bits per heavy atom. The highest BCUT2D eigenvalue weighted by Gasteiger charge is 2.15. The Labute approximate surface area is 127 Å². The molecule has 0 radical (unpaired) electrons. The number of carbonyl (C=O) groups excluding carboxylic acids is 1. The standard InChI is InChI=1S/C14H18N4O2S/c1-4-16-9(2)11-8-21-14(17-11)18-13(19)10-5-6-15-7-12(10)20-3/h5-9,16H,4H2,1-3H3,(H,17,18,19). The molecule has 1 amide bonds. The first-order chi connectivity index (χ1) is 10.2. The minimum Gasteiger partial charge on any atom is -0.494 e. The second-order valence-corrected chi connectivity index (χ2v) is 5.25. The normalized spacial score (nSPS) is 12.0. The Hall–Kier alpha value is -1.99. The SMILES string of the molecule is CCNC(C)c1csc(NC(=O)c2ccncc2OC)n1. The van der Waals surface area contributed by atoms with Crippen LogP contribution >= 0.6 is 11.3 Å². The molecule has 2 heterocycles. The maximum absolute atomic E-state index is 12.2. The van der Waals surface area contributed by atoms with Crippen molar-refractivity contribution >= 4 is 22.4 Å². The van der Waals surface area contributed by atoms with Gasteiger partial charge in [0.25, 0.3) is 5.91 Å². The fraction of sp³-hybridized carbons (Fsp3) is 0.357. The van der Waals surface area contributed by atoms with Crippen molar-refractivity contribution in [2.24, 2.45) is 0 Å². The molecule has 2 aromatic heterocycles. The van der Waals surface area contributed by atoms with E-state index in [9.17, 15) is 4.79 Å². The molecule has 2 rings (SSSR count). The van der Waals surface area contributed by atoms with E-state index in [-0.39, 0.29) is 11.9 Å². The summed E-state index contributed by atoms with van der Waals surface area (Å²) in [6, 6.07) is 1.77. The fourth-order valence-electron chi connectivity index (χ4n) is 1.85. The zero-order valence-corrected chi connectivity index (χ0v) is 13.0. The van der Waals surface area contributed by atoms with Gasteiger partial charge in [0.2, 0.25) is 0 Å². The number of nitrogens with one attached hydrogen (secondary N) is 2. The van der Waals surface area contributed by atoms with Gasteiger partial charge in [-0.3, -0.25) is 15.1 Å². The summed E-state index contributed by atoms with van der Waals surface area (Å²) >= 11 is 1.40. The van der Waals surface area contributed by atoms with Crippen molar-refractivity contribution in [1.82, 2.24) is 15.3 Å². The molecule has 0 bridgehead atoms. The zero-order chi connectivity index (χ0) is 15.2. The van der Waals surface area contributed by atoms with Crippen molar-refractivity contribution in [3.8, 4) is 5.75 Å². The lowest BCUT2D eigenvalue weighted by atomic mass is 10.2. The number of anilines is 1. The first-order valence-electron chi connectivity index (χ1n) is 6.63. The number of hydrogen-bond donors (Lipinski definition) is 2. The van der Waals surface area contributed by atoms with E-state index in [2.05, 4.69) is 20.6 Å². The third-order valence-electron chi connectivity index (χ3n) is 2.95. The fourth-order valence-corrected chi connectivity index (χ4v) is 2.65. The summed E-state index contributed by atoms with van der Waals surface area (Å²) in [5.41, 5.74) is 1.35. The highest BCUT2D eigenvalue weighted by atomic mass is 32.1. The first-order valence-corrected chi connectivity index (χ1v) is 7.51. The maximum atomic E-state index is 12.2. The molecule has 2 aromatic rings. The van der Waals surface area contributed by atoms with Crippen molar-refractivity contribution in [1.29, 1.82) is 0 Å². The van der Waals surface area contributed by atoms with Gasteiger partial charge < -0.3 is 10.1 Å². The largest absolute Gasteiger partial charge is 0.494 e. The zero-order valence-electron chi connectivity index (χ0n) is 12.2. The quantitative estimate of drug-likeness (QED) is 0.857. The number of amides is 1. The minimum atomic E-state index is -0.258. The molecule has 7 heteroatoms. The summed E-state index contributed by atoms with van der Waals surface area (Å²) in [6.45, 7) is 4.95. The summed E-state index contributed by atoms with van der Waals surface area (Å²) in [5.74, 6) is 0.180. The summed E-state index contributed by atoms with van der Waals surface area (Å²) in [4.78, 5) is 20.6. The van der Waals surface area contributed by atoms with Crippen LogP contribution in [0.4, 0.5) is 5.13 Å². The second-order valence-electron chi connectivity index (χ2n) is 4.39. The number of carbonyl (C=O) groups is 1. The van der Waals surface area contributed by atoms with Crippen molar-refractivity contribution in [2.45, 2.75) is 19.9 Å². The molecule has 0 fully saturated rings. The van der Waals surface area contributed by atoms with Crippen molar-refractivity contribution in [2.75, 3.05) is 19.0 Å².